The number of ether oxygens (including phenoxy) is 1. The van der Waals surface area contributed by atoms with Gasteiger partial charge in [0.25, 0.3) is 0 Å². The van der Waals surface area contributed by atoms with Gasteiger partial charge in [0.2, 0.25) is 9.84 Å². The molecule has 0 radical (unpaired) electrons. The van der Waals surface area contributed by atoms with E-state index in [-0.39, 0.29) is 12.7 Å². The molecule has 5 heteroatoms. The molecule has 0 aromatic carbocycles. The summed E-state index contributed by atoms with van der Waals surface area (Å²) in [5.41, 5.74) is 1.40. The average molecular weight is 189 g/mol. The zero-order valence-electron chi connectivity index (χ0n) is 7.02. The van der Waals surface area contributed by atoms with Crippen molar-refractivity contribution >= 4 is 15.4 Å². The van der Waals surface area contributed by atoms with Gasteiger partial charge in [-0.05, 0) is 13.8 Å². The Morgan fingerprint density at radius 1 is 1.58 bits per heavy atom. The highest BCUT2D eigenvalue weighted by atomic mass is 32.2. The van der Waals surface area contributed by atoms with E-state index < -0.39 is 9.84 Å². The van der Waals surface area contributed by atoms with Crippen molar-refractivity contribution < 1.29 is 13.2 Å². The monoisotopic (exact) mass is 189 g/mol. The molecule has 0 aliphatic carbocycles. The fourth-order valence-electron chi connectivity index (χ4n) is 0.715. The fraction of sp³-hybridized carbons (Fsp3) is 0.571. The van der Waals surface area contributed by atoms with E-state index >= 15 is 0 Å². The molecule has 0 fully saturated rings. The quantitative estimate of drug-likeness (QED) is 0.657. The van der Waals surface area contributed by atoms with Crippen LogP contribution in [-0.2, 0) is 14.6 Å². The minimum Gasteiger partial charge on any atom is -0.372 e. The lowest BCUT2D eigenvalue weighted by atomic mass is 10.4. The largest absolute Gasteiger partial charge is 0.372 e. The van der Waals surface area contributed by atoms with Crippen LogP contribution in [0.5, 0.6) is 0 Å². The molecule has 0 N–H and O–H groups in total. The first kappa shape index (κ1) is 9.41. The SMILES string of the molecule is CC(C)OCC1=CS(=O)(=O)C=N1. The van der Waals surface area contributed by atoms with Crippen LogP contribution in [0.15, 0.2) is 16.1 Å². The van der Waals surface area contributed by atoms with Crippen LogP contribution in [0.25, 0.3) is 0 Å². The molecule has 1 aliphatic rings. The van der Waals surface area contributed by atoms with Gasteiger partial charge in [0, 0.05) is 0 Å². The van der Waals surface area contributed by atoms with Crippen LogP contribution in [0.1, 0.15) is 13.8 Å². The summed E-state index contributed by atoms with van der Waals surface area (Å²) in [5.74, 6) is 0. The van der Waals surface area contributed by atoms with Crippen LogP contribution in [-0.4, -0.2) is 26.7 Å². The van der Waals surface area contributed by atoms with Gasteiger partial charge in [0.1, 0.15) is 5.55 Å². The van der Waals surface area contributed by atoms with Crippen LogP contribution in [0.4, 0.5) is 0 Å². The van der Waals surface area contributed by atoms with Gasteiger partial charge in [0.05, 0.1) is 23.8 Å². The first-order valence-corrected chi connectivity index (χ1v) is 5.22. The third-order valence-corrected chi connectivity index (χ3v) is 2.23. The highest BCUT2D eigenvalue weighted by Crippen LogP contribution is 2.09. The number of hydrogen-bond acceptors (Lipinski definition) is 4. The molecule has 0 aromatic rings. The molecule has 0 bridgehead atoms. The standard InChI is InChI=1S/C7H11NO3S/c1-6(2)11-3-7-4-12(9,10)5-8-7/h4-6H,3H2,1-2H3. The lowest BCUT2D eigenvalue weighted by Gasteiger charge is -2.04. The van der Waals surface area contributed by atoms with Gasteiger partial charge < -0.3 is 4.74 Å². The van der Waals surface area contributed by atoms with Crippen molar-refractivity contribution in [2.75, 3.05) is 6.61 Å². The summed E-state index contributed by atoms with van der Waals surface area (Å²) in [6.45, 7) is 4.02. The third-order valence-electron chi connectivity index (χ3n) is 1.23. The van der Waals surface area contributed by atoms with Crippen molar-refractivity contribution in [2.45, 2.75) is 20.0 Å². The number of aliphatic imine (C=N–C) groups is 1. The Hall–Kier alpha value is -0.680. The Kier molecular flexibility index (Phi) is 2.64. The summed E-state index contributed by atoms with van der Waals surface area (Å²) in [4.78, 5) is 3.68. The maximum absolute atomic E-state index is 10.8. The molecule has 1 rings (SSSR count). The van der Waals surface area contributed by atoms with E-state index in [0.717, 1.165) is 11.0 Å². The van der Waals surface area contributed by atoms with Crippen LogP contribution in [0, 0.1) is 0 Å². The van der Waals surface area contributed by atoms with Gasteiger partial charge in [-0.3, -0.25) is 0 Å². The van der Waals surface area contributed by atoms with Crippen molar-refractivity contribution in [3.63, 3.8) is 0 Å². The summed E-state index contributed by atoms with van der Waals surface area (Å²) >= 11 is 0. The minimum atomic E-state index is -3.18. The second kappa shape index (κ2) is 3.37. The van der Waals surface area contributed by atoms with E-state index in [1.54, 1.807) is 0 Å². The van der Waals surface area contributed by atoms with Gasteiger partial charge in [-0.2, -0.15) is 0 Å². The first-order chi connectivity index (χ1) is 5.49. The van der Waals surface area contributed by atoms with Gasteiger partial charge in [-0.1, -0.05) is 0 Å². The summed E-state index contributed by atoms with van der Waals surface area (Å²) in [6, 6.07) is 0. The minimum absolute atomic E-state index is 0.0874. The Bertz CT molecular complexity index is 314. The van der Waals surface area contributed by atoms with E-state index in [0.29, 0.717) is 5.70 Å². The molecule has 0 spiro atoms. The van der Waals surface area contributed by atoms with Crippen LogP contribution in [0.2, 0.25) is 0 Å². The molecule has 0 saturated carbocycles. The fourth-order valence-corrected chi connectivity index (χ4v) is 1.57. The second-order valence-corrected chi connectivity index (χ2v) is 4.42. The van der Waals surface area contributed by atoms with Crippen LogP contribution >= 0.6 is 0 Å². The van der Waals surface area contributed by atoms with E-state index in [4.69, 9.17) is 4.74 Å². The van der Waals surface area contributed by atoms with E-state index in [2.05, 4.69) is 4.99 Å². The van der Waals surface area contributed by atoms with E-state index in [1.807, 2.05) is 13.8 Å². The normalized spacial score (nSPS) is 20.1. The van der Waals surface area contributed by atoms with Crippen molar-refractivity contribution in [1.29, 1.82) is 0 Å². The molecule has 0 amide bonds. The topological polar surface area (TPSA) is 55.7 Å². The number of nitrogens with zero attached hydrogens (tertiary/aromatic N) is 1. The zero-order chi connectivity index (χ0) is 9.19. The second-order valence-electron chi connectivity index (χ2n) is 2.79. The molecule has 4 nitrogen and oxygen atoms in total. The molecule has 0 atom stereocenters. The summed E-state index contributed by atoms with van der Waals surface area (Å²) in [6.07, 6.45) is 0.0874. The van der Waals surface area contributed by atoms with Gasteiger partial charge in [-0.15, -0.1) is 0 Å². The van der Waals surface area contributed by atoms with E-state index in [9.17, 15) is 8.42 Å². The lowest BCUT2D eigenvalue weighted by molar-refractivity contribution is 0.0970. The van der Waals surface area contributed by atoms with Gasteiger partial charge in [0.15, 0.2) is 0 Å². The zero-order valence-corrected chi connectivity index (χ0v) is 7.84. The maximum atomic E-state index is 10.8. The van der Waals surface area contributed by atoms with Crippen molar-refractivity contribution in [3.8, 4) is 0 Å². The van der Waals surface area contributed by atoms with E-state index in [1.165, 1.54) is 0 Å². The highest BCUT2D eigenvalue weighted by molar-refractivity contribution is 8.07. The van der Waals surface area contributed by atoms with Gasteiger partial charge in [-0.25, -0.2) is 13.4 Å². The molecule has 0 saturated heterocycles. The molecule has 68 valence electrons. The number of hydrogen-bond donors (Lipinski definition) is 0. The van der Waals surface area contributed by atoms with Crippen molar-refractivity contribution in [3.05, 3.63) is 11.1 Å². The summed E-state index contributed by atoms with van der Waals surface area (Å²) in [5, 5.41) is 1.12. The molecule has 1 heterocycles. The Labute approximate surface area is 71.9 Å². The van der Waals surface area contributed by atoms with Crippen molar-refractivity contribution in [1.82, 2.24) is 0 Å². The molecular weight excluding hydrogens is 178 g/mol. The van der Waals surface area contributed by atoms with Crippen LogP contribution in [0.3, 0.4) is 0 Å². The lowest BCUT2D eigenvalue weighted by Crippen LogP contribution is -2.04. The van der Waals surface area contributed by atoms with Gasteiger partial charge >= 0.3 is 0 Å². The predicted octanol–water partition coefficient (Wildman–Crippen LogP) is 0.710. The molecular formula is C7H11NO3S. The Balaban J connectivity index is 2.53. The molecule has 0 aromatic heterocycles. The smallest absolute Gasteiger partial charge is 0.212 e. The summed E-state index contributed by atoms with van der Waals surface area (Å²) in [7, 11) is -3.18. The number of rotatable bonds is 3. The third kappa shape index (κ3) is 2.75. The molecule has 0 unspecified atom stereocenters. The van der Waals surface area contributed by atoms with Crippen molar-refractivity contribution in [2.24, 2.45) is 4.99 Å². The van der Waals surface area contributed by atoms with Crippen LogP contribution < -0.4 is 0 Å². The molecule has 1 aliphatic heterocycles. The summed E-state index contributed by atoms with van der Waals surface area (Å²) < 4.78 is 26.8. The maximum Gasteiger partial charge on any atom is 0.212 e. The predicted molar refractivity (Wildman–Crippen MR) is 46.6 cm³/mol. The number of sulfone groups is 1. The molecule has 12 heavy (non-hydrogen) atoms. The highest BCUT2D eigenvalue weighted by Gasteiger charge is 2.12. The average Bonchev–Trinajstić information content (AvgIpc) is 2.26. The Morgan fingerprint density at radius 2 is 2.25 bits per heavy atom. The Morgan fingerprint density at radius 3 is 2.67 bits per heavy atom. The first-order valence-electron chi connectivity index (χ1n) is 3.61.